The summed E-state index contributed by atoms with van der Waals surface area (Å²) in [6, 6.07) is 9.08. The lowest BCUT2D eigenvalue weighted by molar-refractivity contribution is -0.385. The van der Waals surface area contributed by atoms with Gasteiger partial charge in [-0.2, -0.15) is 0 Å². The highest BCUT2D eigenvalue weighted by Crippen LogP contribution is 2.47. The molecule has 0 spiro atoms. The van der Waals surface area contributed by atoms with Crippen molar-refractivity contribution in [3.05, 3.63) is 80.4 Å². The van der Waals surface area contributed by atoms with Crippen LogP contribution in [0, 0.1) is 24.0 Å². The number of hydrogen-bond acceptors (Lipinski definition) is 9. The zero-order chi connectivity index (χ0) is 29.5. The number of methoxy groups -OCH3 is 2. The van der Waals surface area contributed by atoms with E-state index in [2.05, 4.69) is 4.74 Å². The van der Waals surface area contributed by atoms with Crippen LogP contribution in [0.2, 0.25) is 0 Å². The summed E-state index contributed by atoms with van der Waals surface area (Å²) in [4.78, 5) is 62.1. The number of furan rings is 1. The Kier molecular flexibility index (Phi) is 7.10. The molecule has 40 heavy (non-hydrogen) atoms. The summed E-state index contributed by atoms with van der Waals surface area (Å²) >= 11 is 0. The Morgan fingerprint density at radius 1 is 0.900 bits per heavy atom. The number of hydrogen-bond donors (Lipinski definition) is 2. The molecule has 204 valence electrons. The number of nitrogens with zero attached hydrogens (tertiary/aromatic N) is 1. The van der Waals surface area contributed by atoms with E-state index in [9.17, 15) is 39.5 Å². The van der Waals surface area contributed by atoms with Crippen LogP contribution in [-0.4, -0.2) is 53.2 Å². The number of ether oxygens (including phenoxy) is 2. The van der Waals surface area contributed by atoms with Crippen LogP contribution >= 0.6 is 0 Å². The Hall–Kier alpha value is -5.52. The quantitative estimate of drug-likeness (QED) is 0.139. The van der Waals surface area contributed by atoms with Gasteiger partial charge in [-0.1, -0.05) is 30.3 Å². The molecule has 0 aliphatic heterocycles. The summed E-state index contributed by atoms with van der Waals surface area (Å²) in [6.45, 7) is 3.05. The van der Waals surface area contributed by atoms with E-state index in [0.717, 1.165) is 20.3 Å². The Labute approximate surface area is 225 Å². The molecule has 0 aliphatic carbocycles. The van der Waals surface area contributed by atoms with Crippen molar-refractivity contribution < 1.29 is 48.2 Å². The van der Waals surface area contributed by atoms with Crippen molar-refractivity contribution in [2.45, 2.75) is 13.8 Å². The molecule has 3 aromatic carbocycles. The molecule has 0 atom stereocenters. The standard InChI is InChI=1S/C28H21NO11/c1-12-13(2)24-15(10-17(12)29(36)37)21-20(16(28(35)39-4)11-18(30)38-3)23(27(33)34)22(26(31)32)19(25(21)40-24)14-8-6-5-7-9-14/h5-11H,1-4H3,(H,31,32)(H,33,34)/b16-11-. The molecule has 0 fully saturated rings. The van der Waals surface area contributed by atoms with Crippen LogP contribution in [0.1, 0.15) is 37.4 Å². The second-order valence-electron chi connectivity index (χ2n) is 8.63. The number of esters is 2. The van der Waals surface area contributed by atoms with Crippen LogP contribution in [0.5, 0.6) is 0 Å². The van der Waals surface area contributed by atoms with Gasteiger partial charge in [0.2, 0.25) is 0 Å². The van der Waals surface area contributed by atoms with Crippen molar-refractivity contribution in [3.8, 4) is 11.1 Å². The number of nitro benzene ring substituents is 1. The number of aryl methyl sites for hydroxylation is 1. The second-order valence-corrected chi connectivity index (χ2v) is 8.63. The molecule has 12 nitrogen and oxygen atoms in total. The molecule has 1 heterocycles. The van der Waals surface area contributed by atoms with Crippen molar-refractivity contribution in [1.82, 2.24) is 0 Å². The summed E-state index contributed by atoms with van der Waals surface area (Å²) in [6.07, 6.45) is 0.662. The molecule has 0 saturated heterocycles. The maximum atomic E-state index is 13.0. The molecule has 4 rings (SSSR count). The lowest BCUT2D eigenvalue weighted by Crippen LogP contribution is -2.17. The number of carboxylic acid groups (broad SMARTS) is 2. The zero-order valence-corrected chi connectivity index (χ0v) is 21.6. The molecular formula is C28H21NO11. The highest BCUT2D eigenvalue weighted by atomic mass is 16.6. The lowest BCUT2D eigenvalue weighted by Gasteiger charge is -2.17. The van der Waals surface area contributed by atoms with Gasteiger partial charge in [-0.3, -0.25) is 10.1 Å². The number of carbonyl (C=O) groups excluding carboxylic acids is 2. The number of rotatable bonds is 7. The van der Waals surface area contributed by atoms with Crippen molar-refractivity contribution in [2.75, 3.05) is 14.2 Å². The number of nitro groups is 1. The van der Waals surface area contributed by atoms with Gasteiger partial charge < -0.3 is 24.1 Å². The van der Waals surface area contributed by atoms with E-state index in [1.807, 2.05) is 0 Å². The third kappa shape index (κ3) is 4.30. The molecule has 1 aromatic heterocycles. The minimum atomic E-state index is -1.75. The van der Waals surface area contributed by atoms with Crippen LogP contribution < -0.4 is 0 Å². The topological polar surface area (TPSA) is 183 Å². The molecule has 0 radical (unpaired) electrons. The predicted octanol–water partition coefficient (Wildman–Crippen LogP) is 4.90. The first-order valence-electron chi connectivity index (χ1n) is 11.6. The smallest absolute Gasteiger partial charge is 0.338 e. The van der Waals surface area contributed by atoms with Crippen LogP contribution in [-0.2, 0) is 19.1 Å². The number of benzene rings is 3. The van der Waals surface area contributed by atoms with Crippen LogP contribution in [0.25, 0.3) is 38.6 Å². The van der Waals surface area contributed by atoms with E-state index in [0.29, 0.717) is 11.6 Å². The van der Waals surface area contributed by atoms with Crippen LogP contribution in [0.3, 0.4) is 0 Å². The van der Waals surface area contributed by atoms with Crippen molar-refractivity contribution in [1.29, 1.82) is 0 Å². The summed E-state index contributed by atoms with van der Waals surface area (Å²) in [5.41, 5.74) is -2.46. The zero-order valence-electron chi connectivity index (χ0n) is 21.6. The van der Waals surface area contributed by atoms with Gasteiger partial charge in [0.05, 0.1) is 35.8 Å². The molecule has 4 aromatic rings. The van der Waals surface area contributed by atoms with Gasteiger partial charge in [-0.15, -0.1) is 0 Å². The largest absolute Gasteiger partial charge is 0.478 e. The number of carbonyl (C=O) groups is 4. The van der Waals surface area contributed by atoms with Gasteiger partial charge in [0.1, 0.15) is 11.2 Å². The average molecular weight is 547 g/mol. The SMILES string of the molecule is COC(=O)/C=C(\C(=O)OC)c1c(C(=O)O)c(C(=O)O)c(-c2ccccc2)c2oc3c(C)c(C)c([N+](=O)[O-])cc3c12. The lowest BCUT2D eigenvalue weighted by atomic mass is 9.84. The van der Waals surface area contributed by atoms with Crippen molar-refractivity contribution in [3.63, 3.8) is 0 Å². The van der Waals surface area contributed by atoms with Crippen LogP contribution in [0.4, 0.5) is 5.69 Å². The Morgan fingerprint density at radius 3 is 2.05 bits per heavy atom. The van der Waals surface area contributed by atoms with E-state index in [1.165, 1.54) is 19.1 Å². The fourth-order valence-electron chi connectivity index (χ4n) is 4.67. The average Bonchev–Trinajstić information content (AvgIpc) is 3.31. The van der Waals surface area contributed by atoms with Gasteiger partial charge in [-0.25, -0.2) is 19.2 Å². The van der Waals surface area contributed by atoms with Gasteiger partial charge in [0.15, 0.2) is 0 Å². The van der Waals surface area contributed by atoms with E-state index in [-0.39, 0.29) is 44.3 Å². The minimum Gasteiger partial charge on any atom is -0.478 e. The highest BCUT2D eigenvalue weighted by Gasteiger charge is 2.36. The molecule has 0 unspecified atom stereocenters. The summed E-state index contributed by atoms with van der Waals surface area (Å²) in [7, 11) is 2.00. The predicted molar refractivity (Wildman–Crippen MR) is 141 cm³/mol. The van der Waals surface area contributed by atoms with E-state index >= 15 is 0 Å². The maximum Gasteiger partial charge on any atom is 0.338 e. The molecule has 12 heteroatoms. The normalized spacial score (nSPS) is 11.4. The molecular weight excluding hydrogens is 526 g/mol. The van der Waals surface area contributed by atoms with Gasteiger partial charge in [-0.05, 0) is 19.4 Å². The second kappa shape index (κ2) is 10.3. The Bertz CT molecular complexity index is 1800. The molecule has 0 saturated carbocycles. The third-order valence-electron chi connectivity index (χ3n) is 6.57. The molecule has 2 N–H and O–H groups in total. The van der Waals surface area contributed by atoms with E-state index in [4.69, 9.17) is 9.15 Å². The molecule has 0 aliphatic rings. The van der Waals surface area contributed by atoms with Gasteiger partial charge in [0.25, 0.3) is 5.69 Å². The molecule has 0 bridgehead atoms. The van der Waals surface area contributed by atoms with Crippen LogP contribution in [0.15, 0.2) is 46.9 Å². The first kappa shape index (κ1) is 27.5. The summed E-state index contributed by atoms with van der Waals surface area (Å²) in [5, 5.41) is 32.5. The van der Waals surface area contributed by atoms with E-state index < -0.39 is 51.1 Å². The summed E-state index contributed by atoms with van der Waals surface area (Å²) in [5.74, 6) is -5.68. The first-order chi connectivity index (χ1) is 18.9. The highest BCUT2D eigenvalue weighted by molar-refractivity contribution is 6.32. The fourth-order valence-corrected chi connectivity index (χ4v) is 4.67. The number of fused-ring (bicyclic) bond motifs is 3. The number of aromatic carboxylic acids is 2. The first-order valence-corrected chi connectivity index (χ1v) is 11.6. The van der Waals surface area contributed by atoms with Crippen molar-refractivity contribution in [2.24, 2.45) is 0 Å². The minimum absolute atomic E-state index is 0.0242. The molecule has 0 amide bonds. The fraction of sp³-hybridized carbons (Fsp3) is 0.143. The Balaban J connectivity index is 2.47. The number of carboxylic acids is 2. The maximum absolute atomic E-state index is 13.0. The van der Waals surface area contributed by atoms with Gasteiger partial charge >= 0.3 is 23.9 Å². The van der Waals surface area contributed by atoms with E-state index in [1.54, 1.807) is 25.1 Å². The van der Waals surface area contributed by atoms with Crippen molar-refractivity contribution >= 4 is 57.1 Å². The third-order valence-corrected chi connectivity index (χ3v) is 6.57. The summed E-state index contributed by atoms with van der Waals surface area (Å²) < 4.78 is 15.6. The Morgan fingerprint density at radius 2 is 1.52 bits per heavy atom. The van der Waals surface area contributed by atoms with Gasteiger partial charge in [0, 0.05) is 45.2 Å². The monoisotopic (exact) mass is 547 g/mol.